The lowest BCUT2D eigenvalue weighted by Crippen LogP contribution is -2.41. The zero-order valence-corrected chi connectivity index (χ0v) is 17.5. The molecule has 0 heterocycles. The van der Waals surface area contributed by atoms with Crippen LogP contribution in [0.15, 0.2) is 48.5 Å². The number of amides is 2. The molecule has 2 rings (SSSR count). The molecule has 0 fully saturated rings. The predicted molar refractivity (Wildman–Crippen MR) is 115 cm³/mol. The summed E-state index contributed by atoms with van der Waals surface area (Å²) in [6, 6.07) is 16.3. The Hall–Kier alpha value is -2.73. The van der Waals surface area contributed by atoms with Crippen molar-refractivity contribution >= 4 is 11.7 Å². The van der Waals surface area contributed by atoms with Crippen LogP contribution in [-0.4, -0.2) is 59.3 Å². The van der Waals surface area contributed by atoms with E-state index >= 15 is 0 Å². The number of nitrogens with one attached hydrogen (secondary N) is 2. The highest BCUT2D eigenvalue weighted by Crippen LogP contribution is 2.20. The number of benzene rings is 2. The minimum atomic E-state index is -0.148. The number of methoxy groups -OCH3 is 1. The van der Waals surface area contributed by atoms with Crippen molar-refractivity contribution in [3.05, 3.63) is 59.7 Å². The molecule has 0 aliphatic rings. The number of urea groups is 1. The Morgan fingerprint density at radius 2 is 1.61 bits per heavy atom. The van der Waals surface area contributed by atoms with Gasteiger partial charge in [-0.1, -0.05) is 24.3 Å². The fourth-order valence-corrected chi connectivity index (χ4v) is 2.96. The molecule has 0 spiro atoms. The van der Waals surface area contributed by atoms with Crippen LogP contribution >= 0.6 is 0 Å². The monoisotopic (exact) mass is 384 g/mol. The molecule has 0 aromatic heterocycles. The van der Waals surface area contributed by atoms with Gasteiger partial charge in [0.25, 0.3) is 0 Å². The van der Waals surface area contributed by atoms with E-state index in [1.54, 1.807) is 7.11 Å². The van der Waals surface area contributed by atoms with E-state index in [1.165, 1.54) is 5.56 Å². The number of nitrogens with zero attached hydrogens (tertiary/aromatic N) is 2. The Balaban J connectivity index is 1.81. The molecular formula is C22H32N4O2. The van der Waals surface area contributed by atoms with Gasteiger partial charge in [-0.05, 0) is 55.9 Å². The molecule has 0 radical (unpaired) electrons. The van der Waals surface area contributed by atoms with Crippen molar-refractivity contribution < 1.29 is 9.53 Å². The molecule has 0 aliphatic carbocycles. The first-order chi connectivity index (χ1) is 13.4. The number of hydrogen-bond acceptors (Lipinski definition) is 4. The molecule has 6 heteroatoms. The predicted octanol–water partition coefficient (Wildman–Crippen LogP) is 2.91. The van der Waals surface area contributed by atoms with Gasteiger partial charge in [-0.25, -0.2) is 4.79 Å². The third-order valence-electron chi connectivity index (χ3n) is 4.73. The number of carbonyl (C=O) groups is 1. The van der Waals surface area contributed by atoms with Gasteiger partial charge in [0.05, 0.1) is 13.2 Å². The molecule has 28 heavy (non-hydrogen) atoms. The van der Waals surface area contributed by atoms with Crippen LogP contribution in [0.1, 0.15) is 17.2 Å². The van der Waals surface area contributed by atoms with E-state index < -0.39 is 0 Å². The Morgan fingerprint density at radius 1 is 0.964 bits per heavy atom. The molecule has 1 atom stereocenters. The van der Waals surface area contributed by atoms with E-state index in [-0.39, 0.29) is 12.1 Å². The lowest BCUT2D eigenvalue weighted by molar-refractivity contribution is 0.233. The van der Waals surface area contributed by atoms with E-state index in [1.807, 2.05) is 52.5 Å². The van der Waals surface area contributed by atoms with Gasteiger partial charge in [0.15, 0.2) is 0 Å². The van der Waals surface area contributed by atoms with E-state index in [0.29, 0.717) is 13.1 Å². The lowest BCUT2D eigenvalue weighted by atomic mass is 10.1. The number of ether oxygens (including phenoxy) is 1. The molecule has 2 aromatic rings. The van der Waals surface area contributed by atoms with Gasteiger partial charge in [-0.15, -0.1) is 0 Å². The maximum atomic E-state index is 12.2. The zero-order valence-electron chi connectivity index (χ0n) is 17.5. The van der Waals surface area contributed by atoms with Crippen LogP contribution in [0.25, 0.3) is 0 Å². The molecule has 0 saturated heterocycles. The van der Waals surface area contributed by atoms with Crippen LogP contribution in [0.3, 0.4) is 0 Å². The van der Waals surface area contributed by atoms with Gasteiger partial charge in [0.2, 0.25) is 0 Å². The second-order valence-corrected chi connectivity index (χ2v) is 7.20. The molecule has 2 amide bonds. The van der Waals surface area contributed by atoms with E-state index in [9.17, 15) is 4.79 Å². The van der Waals surface area contributed by atoms with Gasteiger partial charge in [-0.2, -0.15) is 0 Å². The summed E-state index contributed by atoms with van der Waals surface area (Å²) in [5.74, 6) is 0.836. The third kappa shape index (κ3) is 6.46. The number of rotatable bonds is 9. The second kappa shape index (κ2) is 10.6. The quantitative estimate of drug-likeness (QED) is 0.698. The van der Waals surface area contributed by atoms with E-state index in [0.717, 1.165) is 23.4 Å². The smallest absolute Gasteiger partial charge is 0.314 e. The van der Waals surface area contributed by atoms with Crippen molar-refractivity contribution in [3.8, 4) is 5.75 Å². The molecular weight excluding hydrogens is 352 g/mol. The van der Waals surface area contributed by atoms with Gasteiger partial charge in [0, 0.05) is 32.9 Å². The largest absolute Gasteiger partial charge is 0.497 e. The van der Waals surface area contributed by atoms with Crippen LogP contribution in [0.2, 0.25) is 0 Å². The highest BCUT2D eigenvalue weighted by atomic mass is 16.5. The van der Waals surface area contributed by atoms with Crippen molar-refractivity contribution in [2.24, 2.45) is 0 Å². The molecule has 2 N–H and O–H groups in total. The summed E-state index contributed by atoms with van der Waals surface area (Å²) in [6.45, 7) is 1.13. The summed E-state index contributed by atoms with van der Waals surface area (Å²) in [6.07, 6.45) is 0.778. The summed E-state index contributed by atoms with van der Waals surface area (Å²) < 4.78 is 5.15. The van der Waals surface area contributed by atoms with Crippen molar-refractivity contribution in [2.45, 2.75) is 12.5 Å². The highest BCUT2D eigenvalue weighted by molar-refractivity contribution is 5.73. The molecule has 0 saturated carbocycles. The zero-order chi connectivity index (χ0) is 20.5. The summed E-state index contributed by atoms with van der Waals surface area (Å²) in [7, 11) is 9.74. The van der Waals surface area contributed by atoms with Gasteiger partial charge in [-0.3, -0.25) is 0 Å². The van der Waals surface area contributed by atoms with Crippen LogP contribution < -0.4 is 20.3 Å². The number of carbonyl (C=O) groups excluding carboxylic acids is 1. The molecule has 1 unspecified atom stereocenters. The minimum absolute atomic E-state index is 0.114. The molecule has 2 aromatic carbocycles. The van der Waals surface area contributed by atoms with Crippen molar-refractivity contribution in [1.29, 1.82) is 0 Å². The Kier molecular flexibility index (Phi) is 8.14. The fraction of sp³-hybridized carbons (Fsp3) is 0.409. The third-order valence-corrected chi connectivity index (χ3v) is 4.73. The van der Waals surface area contributed by atoms with Gasteiger partial charge < -0.3 is 25.2 Å². The Bertz CT molecular complexity index is 727. The first-order valence-electron chi connectivity index (χ1n) is 9.49. The number of hydrogen-bond donors (Lipinski definition) is 2. The maximum Gasteiger partial charge on any atom is 0.314 e. The summed E-state index contributed by atoms with van der Waals surface area (Å²) >= 11 is 0. The fourth-order valence-electron chi connectivity index (χ4n) is 2.96. The Morgan fingerprint density at radius 3 is 2.14 bits per heavy atom. The van der Waals surface area contributed by atoms with Crippen LogP contribution in [-0.2, 0) is 6.42 Å². The number of anilines is 1. The Labute approximate surface area is 168 Å². The summed E-state index contributed by atoms with van der Waals surface area (Å²) in [4.78, 5) is 16.4. The number of likely N-dealkylation sites (N-methyl/N-ethyl adjacent to an activating group) is 1. The average molecular weight is 385 g/mol. The SMILES string of the molecule is COc1ccc(CCNC(=O)NCC(c2ccc(N(C)C)cc2)N(C)C)cc1. The average Bonchev–Trinajstić information content (AvgIpc) is 2.68. The van der Waals surface area contributed by atoms with E-state index in [2.05, 4.69) is 44.7 Å². The van der Waals surface area contributed by atoms with Crippen molar-refractivity contribution in [2.75, 3.05) is 53.3 Å². The summed E-state index contributed by atoms with van der Waals surface area (Å²) in [5, 5.41) is 5.91. The second-order valence-electron chi connectivity index (χ2n) is 7.20. The van der Waals surface area contributed by atoms with Crippen LogP contribution in [0.5, 0.6) is 5.75 Å². The summed E-state index contributed by atoms with van der Waals surface area (Å²) in [5.41, 5.74) is 3.49. The normalized spacial score (nSPS) is 11.8. The van der Waals surface area contributed by atoms with Crippen molar-refractivity contribution in [3.63, 3.8) is 0 Å². The van der Waals surface area contributed by atoms with Gasteiger partial charge in [0.1, 0.15) is 5.75 Å². The minimum Gasteiger partial charge on any atom is -0.497 e. The molecule has 6 nitrogen and oxygen atoms in total. The van der Waals surface area contributed by atoms with Gasteiger partial charge >= 0.3 is 6.03 Å². The topological polar surface area (TPSA) is 56.8 Å². The first kappa shape index (κ1) is 21.6. The maximum absolute atomic E-state index is 12.2. The van der Waals surface area contributed by atoms with E-state index in [4.69, 9.17) is 4.74 Å². The highest BCUT2D eigenvalue weighted by Gasteiger charge is 2.15. The van der Waals surface area contributed by atoms with Crippen LogP contribution in [0, 0.1) is 0 Å². The van der Waals surface area contributed by atoms with Crippen LogP contribution in [0.4, 0.5) is 10.5 Å². The van der Waals surface area contributed by atoms with Crippen molar-refractivity contribution in [1.82, 2.24) is 15.5 Å². The lowest BCUT2D eigenvalue weighted by Gasteiger charge is -2.26. The standard InChI is InChI=1S/C22H32N4O2/c1-25(2)19-10-8-18(9-11-19)21(26(3)4)16-24-22(27)23-15-14-17-6-12-20(28-5)13-7-17/h6-13,21H,14-16H2,1-5H3,(H2,23,24,27). The molecule has 0 aliphatic heterocycles. The molecule has 0 bridgehead atoms. The first-order valence-corrected chi connectivity index (χ1v) is 9.49. The molecule has 152 valence electrons.